The van der Waals surface area contributed by atoms with Crippen LogP contribution < -0.4 is 0 Å². The van der Waals surface area contributed by atoms with Crippen LogP contribution in [-0.2, 0) is 6.42 Å². The highest BCUT2D eigenvalue weighted by molar-refractivity contribution is 7.99. The van der Waals surface area contributed by atoms with Crippen LogP contribution in [0.4, 0.5) is 0 Å². The average molecular weight is 294 g/mol. The molecule has 0 saturated heterocycles. The zero-order chi connectivity index (χ0) is 13.8. The zero-order valence-electron chi connectivity index (χ0n) is 11.3. The van der Waals surface area contributed by atoms with Gasteiger partial charge in [-0.1, -0.05) is 24.9 Å². The summed E-state index contributed by atoms with van der Waals surface area (Å²) in [5.74, 6) is 0. The van der Waals surface area contributed by atoms with Gasteiger partial charge in [-0.15, -0.1) is 0 Å². The zero-order valence-corrected chi connectivity index (χ0v) is 12.8. The Kier molecular flexibility index (Phi) is 4.77. The highest BCUT2D eigenvalue weighted by atomic mass is 35.5. The number of aromatic nitrogens is 3. The number of hydrogen-bond acceptors (Lipinski definition) is 4. The molecule has 0 radical (unpaired) electrons. The Morgan fingerprint density at radius 1 is 1.21 bits per heavy atom. The summed E-state index contributed by atoms with van der Waals surface area (Å²) >= 11 is 7.70. The molecule has 0 fully saturated rings. The van der Waals surface area contributed by atoms with Crippen LogP contribution in [0.25, 0.3) is 0 Å². The van der Waals surface area contributed by atoms with Crippen molar-refractivity contribution in [2.24, 2.45) is 0 Å². The third-order valence-electron chi connectivity index (χ3n) is 2.63. The molecular weight excluding hydrogens is 278 g/mol. The summed E-state index contributed by atoms with van der Waals surface area (Å²) < 4.78 is 0. The molecule has 0 N–H and O–H groups in total. The minimum atomic E-state index is 0.545. The van der Waals surface area contributed by atoms with E-state index in [1.54, 1.807) is 11.8 Å². The largest absolute Gasteiger partial charge is 0.246 e. The maximum Gasteiger partial charge on any atom is 0.136 e. The molecule has 0 aliphatic heterocycles. The van der Waals surface area contributed by atoms with Crippen molar-refractivity contribution in [2.75, 3.05) is 0 Å². The lowest BCUT2D eigenvalue weighted by atomic mass is 10.2. The summed E-state index contributed by atoms with van der Waals surface area (Å²) in [5, 5.41) is 2.40. The Labute approximate surface area is 122 Å². The summed E-state index contributed by atoms with van der Waals surface area (Å²) in [6.07, 6.45) is 3.40. The Balaban J connectivity index is 2.34. The van der Waals surface area contributed by atoms with Crippen LogP contribution >= 0.6 is 23.4 Å². The Bertz CT molecular complexity index is 567. The van der Waals surface area contributed by atoms with Crippen LogP contribution in [0.1, 0.15) is 30.2 Å². The van der Waals surface area contributed by atoms with Crippen molar-refractivity contribution in [2.45, 2.75) is 43.7 Å². The van der Waals surface area contributed by atoms with E-state index in [9.17, 15) is 0 Å². The first kappa shape index (κ1) is 14.3. The predicted molar refractivity (Wildman–Crippen MR) is 78.9 cm³/mol. The van der Waals surface area contributed by atoms with Crippen molar-refractivity contribution in [3.63, 3.8) is 0 Å². The van der Waals surface area contributed by atoms with Gasteiger partial charge in [-0.2, -0.15) is 0 Å². The average Bonchev–Trinajstić information content (AvgIpc) is 2.32. The molecule has 0 unspecified atom stereocenters. The van der Waals surface area contributed by atoms with Gasteiger partial charge in [0.15, 0.2) is 0 Å². The van der Waals surface area contributed by atoms with Gasteiger partial charge in [0.1, 0.15) is 21.5 Å². The lowest BCUT2D eigenvalue weighted by molar-refractivity contribution is 0.854. The van der Waals surface area contributed by atoms with E-state index in [0.717, 1.165) is 34.2 Å². The van der Waals surface area contributed by atoms with E-state index < -0.39 is 0 Å². The third kappa shape index (κ3) is 3.67. The quantitative estimate of drug-likeness (QED) is 0.790. The number of halogens is 1. The van der Waals surface area contributed by atoms with Crippen LogP contribution in [0.2, 0.25) is 5.15 Å². The molecule has 0 aromatic carbocycles. The molecule has 0 aliphatic carbocycles. The molecule has 2 rings (SSSR count). The minimum absolute atomic E-state index is 0.545. The topological polar surface area (TPSA) is 38.7 Å². The Morgan fingerprint density at radius 2 is 2.00 bits per heavy atom. The van der Waals surface area contributed by atoms with Crippen molar-refractivity contribution in [3.8, 4) is 0 Å². The minimum Gasteiger partial charge on any atom is -0.246 e. The van der Waals surface area contributed by atoms with Gasteiger partial charge in [0.2, 0.25) is 0 Å². The second-order valence-corrected chi connectivity index (χ2v) is 5.79. The van der Waals surface area contributed by atoms with Gasteiger partial charge in [-0.3, -0.25) is 0 Å². The van der Waals surface area contributed by atoms with Gasteiger partial charge in [0, 0.05) is 11.3 Å². The van der Waals surface area contributed by atoms with Gasteiger partial charge < -0.3 is 0 Å². The second-order valence-electron chi connectivity index (χ2n) is 4.42. The molecule has 0 atom stereocenters. The van der Waals surface area contributed by atoms with Gasteiger partial charge in [0.25, 0.3) is 0 Å². The highest BCUT2D eigenvalue weighted by Gasteiger charge is 2.11. The van der Waals surface area contributed by atoms with Crippen molar-refractivity contribution < 1.29 is 0 Å². The van der Waals surface area contributed by atoms with Crippen LogP contribution in [-0.4, -0.2) is 15.0 Å². The number of hydrogen-bond donors (Lipinski definition) is 0. The molecule has 2 heterocycles. The van der Waals surface area contributed by atoms with E-state index in [0.29, 0.717) is 5.15 Å². The smallest absolute Gasteiger partial charge is 0.136 e. The number of nitrogens with zero attached hydrogens (tertiary/aromatic N) is 3. The SMILES string of the molecule is CCCc1c(Cl)ncnc1Sc1cc(C)cc(C)n1. The molecule has 0 amide bonds. The molecule has 0 saturated carbocycles. The van der Waals surface area contributed by atoms with Crippen LogP contribution in [0.5, 0.6) is 0 Å². The maximum absolute atomic E-state index is 6.15. The third-order valence-corrected chi connectivity index (χ3v) is 3.92. The Morgan fingerprint density at radius 3 is 2.68 bits per heavy atom. The molecule has 0 spiro atoms. The fourth-order valence-electron chi connectivity index (χ4n) is 1.88. The summed E-state index contributed by atoms with van der Waals surface area (Å²) in [5.41, 5.74) is 3.23. The Hall–Kier alpha value is -1.13. The summed E-state index contributed by atoms with van der Waals surface area (Å²) in [4.78, 5) is 12.9. The van der Waals surface area contributed by atoms with E-state index in [1.165, 1.54) is 11.9 Å². The standard InChI is InChI=1S/C14H16ClN3S/c1-4-5-11-13(15)16-8-17-14(11)19-12-7-9(2)6-10(3)18-12/h6-8H,4-5H2,1-3H3. The molecule has 5 heteroatoms. The number of aryl methyl sites for hydroxylation is 2. The van der Waals surface area contributed by atoms with Crippen LogP contribution in [0, 0.1) is 13.8 Å². The maximum atomic E-state index is 6.15. The van der Waals surface area contributed by atoms with Crippen molar-refractivity contribution >= 4 is 23.4 Å². The molecular formula is C14H16ClN3S. The molecule has 0 aliphatic rings. The van der Waals surface area contributed by atoms with E-state index in [-0.39, 0.29) is 0 Å². The van der Waals surface area contributed by atoms with E-state index in [1.807, 2.05) is 6.92 Å². The lowest BCUT2D eigenvalue weighted by Crippen LogP contribution is -1.96. The summed E-state index contributed by atoms with van der Waals surface area (Å²) in [7, 11) is 0. The predicted octanol–water partition coefficient (Wildman–Crippen LogP) is 4.25. The fraction of sp³-hybridized carbons (Fsp3) is 0.357. The normalized spacial score (nSPS) is 10.7. The van der Waals surface area contributed by atoms with Gasteiger partial charge in [-0.05, 0) is 49.7 Å². The van der Waals surface area contributed by atoms with Gasteiger partial charge >= 0.3 is 0 Å². The first-order chi connectivity index (χ1) is 9.10. The summed E-state index contributed by atoms with van der Waals surface area (Å²) in [6.45, 7) is 6.18. The highest BCUT2D eigenvalue weighted by Crippen LogP contribution is 2.31. The van der Waals surface area contributed by atoms with Crippen LogP contribution in [0.15, 0.2) is 28.5 Å². The van der Waals surface area contributed by atoms with Crippen molar-refractivity contribution in [1.29, 1.82) is 0 Å². The second kappa shape index (κ2) is 6.35. The van der Waals surface area contributed by atoms with E-state index >= 15 is 0 Å². The molecule has 2 aromatic heterocycles. The lowest BCUT2D eigenvalue weighted by Gasteiger charge is -2.08. The van der Waals surface area contributed by atoms with E-state index in [2.05, 4.69) is 40.9 Å². The molecule has 0 bridgehead atoms. The molecule has 2 aromatic rings. The first-order valence-corrected chi connectivity index (χ1v) is 7.42. The van der Waals surface area contributed by atoms with Gasteiger partial charge in [0.05, 0.1) is 0 Å². The monoisotopic (exact) mass is 293 g/mol. The molecule has 3 nitrogen and oxygen atoms in total. The van der Waals surface area contributed by atoms with Crippen molar-refractivity contribution in [3.05, 3.63) is 40.4 Å². The first-order valence-electron chi connectivity index (χ1n) is 6.22. The number of pyridine rings is 1. The van der Waals surface area contributed by atoms with Gasteiger partial charge in [-0.25, -0.2) is 15.0 Å². The fourth-order valence-corrected chi connectivity index (χ4v) is 3.22. The molecule has 100 valence electrons. The van der Waals surface area contributed by atoms with Crippen LogP contribution in [0.3, 0.4) is 0 Å². The van der Waals surface area contributed by atoms with Crippen molar-refractivity contribution in [1.82, 2.24) is 15.0 Å². The number of rotatable bonds is 4. The van der Waals surface area contributed by atoms with E-state index in [4.69, 9.17) is 11.6 Å². The summed E-state index contributed by atoms with van der Waals surface area (Å²) in [6, 6.07) is 4.12. The molecule has 19 heavy (non-hydrogen) atoms.